The highest BCUT2D eigenvalue weighted by Gasteiger charge is 2.19. The summed E-state index contributed by atoms with van der Waals surface area (Å²) in [6.45, 7) is 3.72. The minimum atomic E-state index is -0.699. The number of ether oxygens (including phenoxy) is 1. The van der Waals surface area contributed by atoms with E-state index in [1.165, 1.54) is 13.2 Å². The van der Waals surface area contributed by atoms with Gasteiger partial charge in [-0.05, 0) is 25.0 Å². The molecule has 0 unspecified atom stereocenters. The first kappa shape index (κ1) is 14.8. The zero-order valence-corrected chi connectivity index (χ0v) is 12.2. The Labute approximate surface area is 122 Å². The highest BCUT2D eigenvalue weighted by molar-refractivity contribution is 5.90. The lowest BCUT2D eigenvalue weighted by Gasteiger charge is -2.12. The highest BCUT2D eigenvalue weighted by Crippen LogP contribution is 2.15. The number of rotatable bonds is 3. The van der Waals surface area contributed by atoms with Gasteiger partial charge in [0, 0.05) is 6.07 Å². The number of esters is 1. The summed E-state index contributed by atoms with van der Waals surface area (Å²) in [4.78, 5) is 24.1. The molecule has 2 aromatic rings. The van der Waals surface area contributed by atoms with E-state index in [2.05, 4.69) is 4.74 Å². The van der Waals surface area contributed by atoms with Gasteiger partial charge in [0.2, 0.25) is 0 Å². The van der Waals surface area contributed by atoms with E-state index in [0.29, 0.717) is 5.56 Å². The Balaban J connectivity index is 2.54. The molecule has 110 valence electrons. The van der Waals surface area contributed by atoms with Crippen molar-refractivity contribution in [1.29, 1.82) is 0 Å². The molecule has 0 saturated carbocycles. The minimum absolute atomic E-state index is 0.0528. The van der Waals surface area contributed by atoms with Gasteiger partial charge in [-0.2, -0.15) is 0 Å². The number of benzene rings is 1. The third-order valence-corrected chi connectivity index (χ3v) is 3.29. The Morgan fingerprint density at radius 3 is 2.62 bits per heavy atom. The Morgan fingerprint density at radius 2 is 2.00 bits per heavy atom. The molecule has 21 heavy (non-hydrogen) atoms. The smallest absolute Gasteiger partial charge is 0.343 e. The maximum atomic E-state index is 12.4. The van der Waals surface area contributed by atoms with Gasteiger partial charge in [0.1, 0.15) is 5.56 Å². The van der Waals surface area contributed by atoms with Gasteiger partial charge >= 0.3 is 5.97 Å². The Kier molecular flexibility index (Phi) is 4.12. The first-order chi connectivity index (χ1) is 9.93. The van der Waals surface area contributed by atoms with E-state index in [9.17, 15) is 14.7 Å². The predicted molar refractivity (Wildman–Crippen MR) is 78.7 cm³/mol. The second-order valence-corrected chi connectivity index (χ2v) is 4.93. The van der Waals surface area contributed by atoms with Crippen LogP contribution in [0.15, 0.2) is 35.1 Å². The van der Waals surface area contributed by atoms with Gasteiger partial charge in [-0.3, -0.25) is 9.36 Å². The van der Waals surface area contributed by atoms with Crippen LogP contribution in [0.2, 0.25) is 0 Å². The molecule has 0 aliphatic rings. The van der Waals surface area contributed by atoms with Crippen LogP contribution in [0.4, 0.5) is 0 Å². The lowest BCUT2D eigenvalue weighted by atomic mass is 10.1. The van der Waals surface area contributed by atoms with Crippen LogP contribution >= 0.6 is 0 Å². The fraction of sp³-hybridized carbons (Fsp3) is 0.250. The molecule has 0 bridgehead atoms. The van der Waals surface area contributed by atoms with E-state index in [0.717, 1.165) is 15.7 Å². The van der Waals surface area contributed by atoms with E-state index in [1.807, 2.05) is 31.2 Å². The standard InChI is InChI=1S/C16H17NO4/c1-10-5-4-6-12(7-10)9-17-13(18)8-11(2)14(15(17)19)16(20)21-3/h4-8,18H,9H2,1-3H3. The number of methoxy groups -OCH3 is 1. The molecule has 0 aliphatic heterocycles. The number of hydrogen-bond donors (Lipinski definition) is 1. The summed E-state index contributed by atoms with van der Waals surface area (Å²) in [5.41, 5.74) is 1.71. The third kappa shape index (κ3) is 2.97. The van der Waals surface area contributed by atoms with Gasteiger partial charge in [0.05, 0.1) is 13.7 Å². The summed E-state index contributed by atoms with van der Waals surface area (Å²) in [7, 11) is 1.22. The topological polar surface area (TPSA) is 68.5 Å². The number of carbonyl (C=O) groups excluding carboxylic acids is 1. The number of hydrogen-bond acceptors (Lipinski definition) is 4. The van der Waals surface area contributed by atoms with Gasteiger partial charge in [0.15, 0.2) is 5.88 Å². The Morgan fingerprint density at radius 1 is 1.29 bits per heavy atom. The molecule has 1 N–H and O–H groups in total. The highest BCUT2D eigenvalue weighted by atomic mass is 16.5. The largest absolute Gasteiger partial charge is 0.494 e. The van der Waals surface area contributed by atoms with E-state index in [-0.39, 0.29) is 18.0 Å². The second kappa shape index (κ2) is 5.83. The maximum absolute atomic E-state index is 12.4. The lowest BCUT2D eigenvalue weighted by molar-refractivity contribution is 0.0597. The van der Waals surface area contributed by atoms with Crippen LogP contribution in [-0.2, 0) is 11.3 Å². The van der Waals surface area contributed by atoms with Crippen LogP contribution in [-0.4, -0.2) is 22.8 Å². The molecule has 0 amide bonds. The third-order valence-electron chi connectivity index (χ3n) is 3.29. The second-order valence-electron chi connectivity index (χ2n) is 4.93. The Bertz CT molecular complexity index is 746. The van der Waals surface area contributed by atoms with E-state index in [4.69, 9.17) is 0 Å². The van der Waals surface area contributed by atoms with Crippen molar-refractivity contribution in [1.82, 2.24) is 4.57 Å². The van der Waals surface area contributed by atoms with Crippen molar-refractivity contribution in [2.24, 2.45) is 0 Å². The molecule has 0 aliphatic carbocycles. The van der Waals surface area contributed by atoms with E-state index < -0.39 is 11.5 Å². The van der Waals surface area contributed by atoms with Crippen LogP contribution < -0.4 is 5.56 Å². The van der Waals surface area contributed by atoms with Crippen molar-refractivity contribution in [3.05, 3.63) is 62.9 Å². The van der Waals surface area contributed by atoms with Crippen LogP contribution in [0.5, 0.6) is 5.88 Å². The molecule has 0 saturated heterocycles. The number of pyridine rings is 1. The SMILES string of the molecule is COC(=O)c1c(C)cc(O)n(Cc2cccc(C)c2)c1=O. The van der Waals surface area contributed by atoms with Crippen molar-refractivity contribution in [2.45, 2.75) is 20.4 Å². The molecular formula is C16H17NO4. The fourth-order valence-corrected chi connectivity index (χ4v) is 2.25. The molecule has 0 spiro atoms. The van der Waals surface area contributed by atoms with Gasteiger partial charge in [0.25, 0.3) is 5.56 Å². The summed E-state index contributed by atoms with van der Waals surface area (Å²) in [6.07, 6.45) is 0. The van der Waals surface area contributed by atoms with Gasteiger partial charge in [-0.15, -0.1) is 0 Å². The molecule has 0 fully saturated rings. The molecular weight excluding hydrogens is 270 g/mol. The van der Waals surface area contributed by atoms with Crippen molar-refractivity contribution in [2.75, 3.05) is 7.11 Å². The van der Waals surface area contributed by atoms with Crippen molar-refractivity contribution in [3.8, 4) is 5.88 Å². The molecule has 1 aromatic carbocycles. The number of aromatic hydroxyl groups is 1. The van der Waals surface area contributed by atoms with E-state index in [1.54, 1.807) is 6.92 Å². The molecule has 5 nitrogen and oxygen atoms in total. The zero-order chi connectivity index (χ0) is 15.6. The summed E-state index contributed by atoms with van der Waals surface area (Å²) in [5, 5.41) is 9.99. The Hall–Kier alpha value is -2.56. The summed E-state index contributed by atoms with van der Waals surface area (Å²) in [5.74, 6) is -0.873. The van der Waals surface area contributed by atoms with Crippen molar-refractivity contribution in [3.63, 3.8) is 0 Å². The monoisotopic (exact) mass is 287 g/mol. The van der Waals surface area contributed by atoms with Crippen LogP contribution in [0.1, 0.15) is 27.0 Å². The molecule has 2 rings (SSSR count). The molecule has 0 radical (unpaired) electrons. The normalized spacial score (nSPS) is 10.4. The number of aryl methyl sites for hydroxylation is 2. The number of aromatic nitrogens is 1. The average molecular weight is 287 g/mol. The summed E-state index contributed by atoms with van der Waals surface area (Å²) in [6, 6.07) is 8.99. The number of nitrogens with zero attached hydrogens (tertiary/aromatic N) is 1. The predicted octanol–water partition coefficient (Wildman–Crippen LogP) is 2.01. The average Bonchev–Trinajstić information content (AvgIpc) is 2.43. The first-order valence-electron chi connectivity index (χ1n) is 6.51. The lowest BCUT2D eigenvalue weighted by Crippen LogP contribution is -2.28. The molecule has 1 heterocycles. The quantitative estimate of drug-likeness (QED) is 0.877. The molecule has 1 aromatic heterocycles. The van der Waals surface area contributed by atoms with Gasteiger partial charge in [-0.25, -0.2) is 4.79 Å². The van der Waals surface area contributed by atoms with Crippen molar-refractivity contribution < 1.29 is 14.6 Å². The van der Waals surface area contributed by atoms with E-state index >= 15 is 0 Å². The van der Waals surface area contributed by atoms with Crippen LogP contribution in [0, 0.1) is 13.8 Å². The summed E-state index contributed by atoms with van der Waals surface area (Å²) >= 11 is 0. The maximum Gasteiger partial charge on any atom is 0.343 e. The molecule has 0 atom stereocenters. The van der Waals surface area contributed by atoms with Crippen LogP contribution in [0.3, 0.4) is 0 Å². The van der Waals surface area contributed by atoms with Gasteiger partial charge in [-0.1, -0.05) is 29.8 Å². The van der Waals surface area contributed by atoms with Crippen molar-refractivity contribution >= 4 is 5.97 Å². The fourth-order valence-electron chi connectivity index (χ4n) is 2.25. The van der Waals surface area contributed by atoms with Crippen LogP contribution in [0.25, 0.3) is 0 Å². The number of carbonyl (C=O) groups is 1. The zero-order valence-electron chi connectivity index (χ0n) is 12.2. The summed E-state index contributed by atoms with van der Waals surface area (Å²) < 4.78 is 5.79. The molecule has 5 heteroatoms. The van der Waals surface area contributed by atoms with Gasteiger partial charge < -0.3 is 9.84 Å². The minimum Gasteiger partial charge on any atom is -0.494 e. The first-order valence-corrected chi connectivity index (χ1v) is 6.51.